The fraction of sp³-hybridized carbons (Fsp3) is 0.300. The van der Waals surface area contributed by atoms with Gasteiger partial charge in [0.1, 0.15) is 6.54 Å². The summed E-state index contributed by atoms with van der Waals surface area (Å²) in [6, 6.07) is 17.6. The molecule has 0 fully saturated rings. The fourth-order valence-electron chi connectivity index (χ4n) is 2.94. The van der Waals surface area contributed by atoms with Gasteiger partial charge in [-0.15, -0.1) is 24.2 Å². The van der Waals surface area contributed by atoms with E-state index >= 15 is 0 Å². The van der Waals surface area contributed by atoms with Gasteiger partial charge in [-0.25, -0.2) is 0 Å². The molecule has 1 heterocycles. The predicted octanol–water partition coefficient (Wildman–Crippen LogP) is 2.92. The number of nitrogens with two attached hydrogens (primary N) is 1. The quantitative estimate of drug-likeness (QED) is 0.769. The van der Waals surface area contributed by atoms with Crippen molar-refractivity contribution < 1.29 is 9.59 Å². The molecule has 1 aliphatic heterocycles. The van der Waals surface area contributed by atoms with E-state index in [1.54, 1.807) is 9.80 Å². The van der Waals surface area contributed by atoms with E-state index in [0.29, 0.717) is 25.4 Å². The number of nitrogens with zero attached hydrogens (tertiary/aromatic N) is 2. The first-order valence-electron chi connectivity index (χ1n) is 8.73. The number of fused-ring (bicyclic) bond motifs is 1. The molecule has 0 atom stereocenters. The summed E-state index contributed by atoms with van der Waals surface area (Å²) in [5.74, 6) is 0.282. The normalized spacial score (nSPS) is 12.9. The Labute approximate surface area is 170 Å². The first-order chi connectivity index (χ1) is 12.7. The maximum atomic E-state index is 13.0. The van der Waals surface area contributed by atoms with E-state index in [1.807, 2.05) is 54.6 Å². The van der Waals surface area contributed by atoms with Gasteiger partial charge in [0, 0.05) is 18.0 Å². The van der Waals surface area contributed by atoms with Gasteiger partial charge in [0.2, 0.25) is 11.8 Å². The molecule has 0 saturated heterocycles. The fourth-order valence-corrected chi connectivity index (χ4v) is 3.88. The first-order valence-corrected chi connectivity index (χ1v) is 9.71. The molecule has 0 spiro atoms. The second-order valence-corrected chi connectivity index (χ2v) is 7.20. The molecule has 144 valence electrons. The standard InChI is InChI=1S/C20H23N3O2S.ClH/c21-11-6-12-22(13-16-7-2-1-3-8-16)19(24)14-23-17-9-4-5-10-18(17)26-15-20(23)25;/h1-5,7-10H,6,11-15,21H2;1H. The Morgan fingerprint density at radius 2 is 1.81 bits per heavy atom. The SMILES string of the molecule is Cl.NCCCN(Cc1ccccc1)C(=O)CN1C(=O)CSc2ccccc21. The van der Waals surface area contributed by atoms with Gasteiger partial charge in [-0.1, -0.05) is 42.5 Å². The highest BCUT2D eigenvalue weighted by Gasteiger charge is 2.27. The van der Waals surface area contributed by atoms with Crippen molar-refractivity contribution in [3.8, 4) is 0 Å². The Hall–Kier alpha value is -2.02. The Kier molecular flexibility index (Phi) is 8.16. The summed E-state index contributed by atoms with van der Waals surface area (Å²) in [7, 11) is 0. The number of anilines is 1. The molecule has 2 amide bonds. The third-order valence-corrected chi connectivity index (χ3v) is 5.35. The van der Waals surface area contributed by atoms with E-state index in [4.69, 9.17) is 5.73 Å². The largest absolute Gasteiger partial charge is 0.337 e. The molecule has 0 bridgehead atoms. The molecule has 27 heavy (non-hydrogen) atoms. The summed E-state index contributed by atoms with van der Waals surface area (Å²) < 4.78 is 0. The van der Waals surface area contributed by atoms with E-state index in [9.17, 15) is 9.59 Å². The van der Waals surface area contributed by atoms with Gasteiger partial charge in [0.05, 0.1) is 11.4 Å². The molecule has 1 aliphatic rings. The lowest BCUT2D eigenvalue weighted by molar-refractivity contribution is -0.131. The van der Waals surface area contributed by atoms with Crippen molar-refractivity contribution in [1.29, 1.82) is 0 Å². The average molecular weight is 406 g/mol. The summed E-state index contributed by atoms with van der Waals surface area (Å²) >= 11 is 1.52. The number of carbonyl (C=O) groups is 2. The molecule has 7 heteroatoms. The van der Waals surface area contributed by atoms with Crippen molar-refractivity contribution in [1.82, 2.24) is 4.90 Å². The van der Waals surface area contributed by atoms with Gasteiger partial charge in [-0.3, -0.25) is 9.59 Å². The van der Waals surface area contributed by atoms with Gasteiger partial charge in [0.15, 0.2) is 0 Å². The van der Waals surface area contributed by atoms with Crippen LogP contribution < -0.4 is 10.6 Å². The molecule has 2 N–H and O–H groups in total. The molecular weight excluding hydrogens is 382 g/mol. The van der Waals surface area contributed by atoms with Crippen molar-refractivity contribution in [2.45, 2.75) is 17.9 Å². The smallest absolute Gasteiger partial charge is 0.242 e. The Morgan fingerprint density at radius 3 is 2.56 bits per heavy atom. The van der Waals surface area contributed by atoms with Crippen LogP contribution in [0.2, 0.25) is 0 Å². The van der Waals surface area contributed by atoms with Crippen LogP contribution >= 0.6 is 24.2 Å². The molecule has 0 unspecified atom stereocenters. The highest BCUT2D eigenvalue weighted by atomic mass is 35.5. The zero-order valence-corrected chi connectivity index (χ0v) is 16.7. The van der Waals surface area contributed by atoms with Crippen LogP contribution in [0.5, 0.6) is 0 Å². The molecule has 0 aromatic heterocycles. The predicted molar refractivity (Wildman–Crippen MR) is 112 cm³/mol. The minimum Gasteiger partial charge on any atom is -0.337 e. The minimum absolute atomic E-state index is 0. The number of para-hydroxylation sites is 1. The van der Waals surface area contributed by atoms with E-state index < -0.39 is 0 Å². The Morgan fingerprint density at radius 1 is 1.11 bits per heavy atom. The van der Waals surface area contributed by atoms with Crippen LogP contribution in [0.4, 0.5) is 5.69 Å². The highest BCUT2D eigenvalue weighted by molar-refractivity contribution is 8.00. The zero-order chi connectivity index (χ0) is 18.4. The molecule has 5 nitrogen and oxygen atoms in total. The molecule has 2 aromatic rings. The maximum absolute atomic E-state index is 13.0. The van der Waals surface area contributed by atoms with Crippen molar-refractivity contribution >= 4 is 41.7 Å². The summed E-state index contributed by atoms with van der Waals surface area (Å²) in [4.78, 5) is 29.8. The Bertz CT molecular complexity index is 773. The number of hydrogen-bond donors (Lipinski definition) is 1. The van der Waals surface area contributed by atoms with Crippen molar-refractivity contribution in [2.75, 3.05) is 30.3 Å². The molecule has 0 aliphatic carbocycles. The van der Waals surface area contributed by atoms with Crippen LogP contribution in [0, 0.1) is 0 Å². The van der Waals surface area contributed by atoms with Crippen LogP contribution in [-0.4, -0.2) is 42.1 Å². The van der Waals surface area contributed by atoms with Crippen molar-refractivity contribution in [3.63, 3.8) is 0 Å². The number of carbonyl (C=O) groups excluding carboxylic acids is 2. The highest BCUT2D eigenvalue weighted by Crippen LogP contribution is 2.34. The van der Waals surface area contributed by atoms with Gasteiger partial charge in [-0.2, -0.15) is 0 Å². The van der Waals surface area contributed by atoms with Crippen molar-refractivity contribution in [3.05, 3.63) is 60.2 Å². The number of hydrogen-bond acceptors (Lipinski definition) is 4. The number of halogens is 1. The third kappa shape index (κ3) is 5.48. The number of amides is 2. The summed E-state index contributed by atoms with van der Waals surface area (Å²) in [6.45, 7) is 1.70. The summed E-state index contributed by atoms with van der Waals surface area (Å²) in [6.07, 6.45) is 0.735. The van der Waals surface area contributed by atoms with Gasteiger partial charge < -0.3 is 15.5 Å². The summed E-state index contributed by atoms with van der Waals surface area (Å²) in [5, 5.41) is 0. The molecular formula is C20H24ClN3O2S. The van der Waals surface area contributed by atoms with Crippen LogP contribution in [-0.2, 0) is 16.1 Å². The minimum atomic E-state index is -0.0580. The first kappa shape index (κ1) is 21.3. The lowest BCUT2D eigenvalue weighted by Gasteiger charge is -2.31. The topological polar surface area (TPSA) is 66.6 Å². The monoisotopic (exact) mass is 405 g/mol. The molecule has 0 radical (unpaired) electrons. The lowest BCUT2D eigenvalue weighted by Crippen LogP contribution is -2.45. The van der Waals surface area contributed by atoms with Gasteiger partial charge >= 0.3 is 0 Å². The van der Waals surface area contributed by atoms with Gasteiger partial charge in [0.25, 0.3) is 0 Å². The lowest BCUT2D eigenvalue weighted by atomic mass is 10.2. The van der Waals surface area contributed by atoms with Crippen molar-refractivity contribution in [2.24, 2.45) is 5.73 Å². The maximum Gasteiger partial charge on any atom is 0.242 e. The van der Waals surface area contributed by atoms with E-state index in [-0.39, 0.29) is 30.8 Å². The van der Waals surface area contributed by atoms with Gasteiger partial charge in [-0.05, 0) is 30.7 Å². The van der Waals surface area contributed by atoms with Crippen LogP contribution in [0.1, 0.15) is 12.0 Å². The van der Waals surface area contributed by atoms with E-state index in [2.05, 4.69) is 0 Å². The Balaban J connectivity index is 0.00000261. The number of benzene rings is 2. The second kappa shape index (κ2) is 10.3. The second-order valence-electron chi connectivity index (χ2n) is 6.18. The van der Waals surface area contributed by atoms with Crippen LogP contribution in [0.25, 0.3) is 0 Å². The third-order valence-electron chi connectivity index (χ3n) is 4.30. The molecule has 3 rings (SSSR count). The zero-order valence-electron chi connectivity index (χ0n) is 15.0. The average Bonchev–Trinajstić information content (AvgIpc) is 2.68. The number of rotatable bonds is 7. The van der Waals surface area contributed by atoms with E-state index in [1.165, 1.54) is 11.8 Å². The van der Waals surface area contributed by atoms with Crippen LogP contribution in [0.3, 0.4) is 0 Å². The van der Waals surface area contributed by atoms with E-state index in [0.717, 1.165) is 22.6 Å². The summed E-state index contributed by atoms with van der Waals surface area (Å²) in [5.41, 5.74) is 7.52. The molecule has 2 aromatic carbocycles. The van der Waals surface area contributed by atoms with Crippen LogP contribution in [0.15, 0.2) is 59.5 Å². The number of thioether (sulfide) groups is 1. The molecule has 0 saturated carbocycles.